The first kappa shape index (κ1) is 10.8. The number of carbonyl (C=O) groups excluding carboxylic acids is 1. The Morgan fingerprint density at radius 2 is 2.25 bits per heavy atom. The molecule has 0 aliphatic rings. The van der Waals surface area contributed by atoms with Crippen molar-refractivity contribution in [3.05, 3.63) is 45.9 Å². The molecule has 2 rings (SSSR count). The maximum absolute atomic E-state index is 12.1. The molecule has 0 saturated carbocycles. The molecule has 0 fully saturated rings. The standard InChI is InChI=1S/C12H11NO2S/c1-8-3-4-10(15-2)9(5-8)12(14)11-6-13-7-16-11/h3-7H,1-2H3. The Bertz CT molecular complexity index is 506. The van der Waals surface area contributed by atoms with Gasteiger partial charge in [-0.1, -0.05) is 11.6 Å². The number of rotatable bonds is 3. The normalized spacial score (nSPS) is 10.1. The molecule has 82 valence electrons. The van der Waals surface area contributed by atoms with Crippen molar-refractivity contribution in [1.82, 2.24) is 4.98 Å². The van der Waals surface area contributed by atoms with E-state index in [0.29, 0.717) is 16.2 Å². The smallest absolute Gasteiger partial charge is 0.208 e. The van der Waals surface area contributed by atoms with Crippen LogP contribution in [0, 0.1) is 6.92 Å². The number of aryl methyl sites for hydroxylation is 1. The molecule has 0 N–H and O–H groups in total. The summed E-state index contributed by atoms with van der Waals surface area (Å²) in [4.78, 5) is 16.7. The molecule has 0 unspecified atom stereocenters. The van der Waals surface area contributed by atoms with Gasteiger partial charge in [0.1, 0.15) is 5.75 Å². The van der Waals surface area contributed by atoms with Crippen molar-refractivity contribution >= 4 is 17.1 Å². The van der Waals surface area contributed by atoms with Gasteiger partial charge in [0.2, 0.25) is 5.78 Å². The van der Waals surface area contributed by atoms with E-state index in [0.717, 1.165) is 5.56 Å². The van der Waals surface area contributed by atoms with Gasteiger partial charge >= 0.3 is 0 Å². The zero-order valence-corrected chi connectivity index (χ0v) is 9.88. The van der Waals surface area contributed by atoms with Crippen molar-refractivity contribution in [1.29, 1.82) is 0 Å². The lowest BCUT2D eigenvalue weighted by Gasteiger charge is -2.07. The average molecular weight is 233 g/mol. The minimum absolute atomic E-state index is 0.0388. The third-order valence-electron chi connectivity index (χ3n) is 2.26. The van der Waals surface area contributed by atoms with E-state index in [1.807, 2.05) is 25.1 Å². The van der Waals surface area contributed by atoms with E-state index < -0.39 is 0 Å². The number of carbonyl (C=O) groups is 1. The van der Waals surface area contributed by atoms with E-state index in [9.17, 15) is 4.79 Å². The predicted molar refractivity (Wildman–Crippen MR) is 63.3 cm³/mol. The first-order chi connectivity index (χ1) is 7.72. The fourth-order valence-electron chi connectivity index (χ4n) is 1.46. The van der Waals surface area contributed by atoms with Gasteiger partial charge in [0, 0.05) is 6.20 Å². The summed E-state index contributed by atoms with van der Waals surface area (Å²) in [5, 5.41) is 0. The summed E-state index contributed by atoms with van der Waals surface area (Å²) in [7, 11) is 1.56. The highest BCUT2D eigenvalue weighted by molar-refractivity contribution is 7.11. The Hall–Kier alpha value is -1.68. The maximum Gasteiger partial charge on any atom is 0.208 e. The number of hydrogen-bond acceptors (Lipinski definition) is 4. The topological polar surface area (TPSA) is 39.2 Å². The average Bonchev–Trinajstić information content (AvgIpc) is 2.81. The Kier molecular flexibility index (Phi) is 3.01. The van der Waals surface area contributed by atoms with E-state index in [-0.39, 0.29) is 5.78 Å². The van der Waals surface area contributed by atoms with Crippen molar-refractivity contribution in [3.63, 3.8) is 0 Å². The lowest BCUT2D eigenvalue weighted by Crippen LogP contribution is -2.02. The first-order valence-corrected chi connectivity index (χ1v) is 5.68. The molecule has 0 amide bonds. The molecule has 0 radical (unpaired) electrons. The molecule has 0 spiro atoms. The van der Waals surface area contributed by atoms with Crippen molar-refractivity contribution in [2.75, 3.05) is 7.11 Å². The third kappa shape index (κ3) is 1.97. The Labute approximate surface area is 97.7 Å². The van der Waals surface area contributed by atoms with Gasteiger partial charge in [-0.15, -0.1) is 11.3 Å². The number of aromatic nitrogens is 1. The molecule has 2 aromatic rings. The Balaban J connectivity index is 2.47. The molecule has 0 bridgehead atoms. The summed E-state index contributed by atoms with van der Waals surface area (Å²) >= 11 is 1.33. The van der Waals surface area contributed by atoms with Crippen molar-refractivity contribution in [3.8, 4) is 5.75 Å². The zero-order valence-electron chi connectivity index (χ0n) is 9.06. The lowest BCUT2D eigenvalue weighted by molar-refractivity contribution is 0.103. The van der Waals surface area contributed by atoms with Crippen LogP contribution in [0.2, 0.25) is 0 Å². The van der Waals surface area contributed by atoms with Gasteiger partial charge < -0.3 is 4.74 Å². The third-order valence-corrected chi connectivity index (χ3v) is 3.03. The molecular formula is C12H11NO2S. The second kappa shape index (κ2) is 4.45. The molecule has 4 heteroatoms. The van der Waals surface area contributed by atoms with Crippen LogP contribution >= 0.6 is 11.3 Å². The van der Waals surface area contributed by atoms with E-state index in [1.165, 1.54) is 11.3 Å². The molecule has 0 saturated heterocycles. The largest absolute Gasteiger partial charge is 0.496 e. The number of ether oxygens (including phenoxy) is 1. The van der Waals surface area contributed by atoms with Crippen LogP contribution in [0.3, 0.4) is 0 Å². The molecule has 1 aromatic heterocycles. The van der Waals surface area contributed by atoms with Gasteiger partial charge in [-0.3, -0.25) is 9.78 Å². The first-order valence-electron chi connectivity index (χ1n) is 4.80. The van der Waals surface area contributed by atoms with Crippen LogP contribution < -0.4 is 4.74 Å². The number of thiazole rings is 1. The van der Waals surface area contributed by atoms with Crippen LogP contribution in [0.4, 0.5) is 0 Å². The summed E-state index contributed by atoms with van der Waals surface area (Å²) in [6.07, 6.45) is 1.58. The van der Waals surface area contributed by atoms with Crippen LogP contribution in [0.15, 0.2) is 29.9 Å². The highest BCUT2D eigenvalue weighted by Crippen LogP contribution is 2.23. The van der Waals surface area contributed by atoms with Gasteiger partial charge in [0.15, 0.2) is 0 Å². The quantitative estimate of drug-likeness (QED) is 0.765. The van der Waals surface area contributed by atoms with Crippen molar-refractivity contribution in [2.24, 2.45) is 0 Å². The summed E-state index contributed by atoms with van der Waals surface area (Å²) in [5.74, 6) is 0.562. The number of methoxy groups -OCH3 is 1. The van der Waals surface area contributed by atoms with Crippen LogP contribution in [0.5, 0.6) is 5.75 Å². The lowest BCUT2D eigenvalue weighted by atomic mass is 10.1. The Morgan fingerprint density at radius 3 is 2.88 bits per heavy atom. The molecule has 0 atom stereocenters. The summed E-state index contributed by atoms with van der Waals surface area (Å²) in [5.41, 5.74) is 3.27. The van der Waals surface area contributed by atoms with Crippen molar-refractivity contribution < 1.29 is 9.53 Å². The molecule has 3 nitrogen and oxygen atoms in total. The Morgan fingerprint density at radius 1 is 1.44 bits per heavy atom. The molecule has 0 aliphatic carbocycles. The van der Waals surface area contributed by atoms with Gasteiger partial charge in [-0.2, -0.15) is 0 Å². The van der Waals surface area contributed by atoms with Crippen molar-refractivity contribution in [2.45, 2.75) is 6.92 Å². The van der Waals surface area contributed by atoms with Crippen LogP contribution in [0.25, 0.3) is 0 Å². The molecule has 1 heterocycles. The fourth-order valence-corrected chi connectivity index (χ4v) is 2.03. The zero-order chi connectivity index (χ0) is 11.5. The van der Waals surface area contributed by atoms with Gasteiger partial charge in [-0.05, 0) is 19.1 Å². The highest BCUT2D eigenvalue weighted by Gasteiger charge is 2.15. The van der Waals surface area contributed by atoms with Crippen LogP contribution in [-0.2, 0) is 0 Å². The highest BCUT2D eigenvalue weighted by atomic mass is 32.1. The van der Waals surface area contributed by atoms with E-state index in [4.69, 9.17) is 4.74 Å². The molecule has 0 aliphatic heterocycles. The number of benzene rings is 1. The van der Waals surface area contributed by atoms with E-state index in [1.54, 1.807) is 18.8 Å². The van der Waals surface area contributed by atoms with Gasteiger partial charge in [0.05, 0.1) is 23.1 Å². The minimum atomic E-state index is -0.0388. The number of ketones is 1. The maximum atomic E-state index is 12.1. The number of nitrogens with zero attached hydrogens (tertiary/aromatic N) is 1. The van der Waals surface area contributed by atoms with E-state index in [2.05, 4.69) is 4.98 Å². The summed E-state index contributed by atoms with van der Waals surface area (Å²) in [6.45, 7) is 1.95. The van der Waals surface area contributed by atoms with Crippen LogP contribution in [-0.4, -0.2) is 17.9 Å². The van der Waals surface area contributed by atoms with Gasteiger partial charge in [-0.25, -0.2) is 0 Å². The second-order valence-electron chi connectivity index (χ2n) is 3.40. The molecule has 1 aromatic carbocycles. The summed E-state index contributed by atoms with van der Waals surface area (Å²) < 4.78 is 5.18. The fraction of sp³-hybridized carbons (Fsp3) is 0.167. The molecular weight excluding hydrogens is 222 g/mol. The monoisotopic (exact) mass is 233 g/mol. The summed E-state index contributed by atoms with van der Waals surface area (Å²) in [6, 6.07) is 5.56. The van der Waals surface area contributed by atoms with Crippen LogP contribution in [0.1, 0.15) is 20.8 Å². The SMILES string of the molecule is COc1ccc(C)cc1C(=O)c1cncs1. The molecule has 16 heavy (non-hydrogen) atoms. The predicted octanol–water partition coefficient (Wildman–Crippen LogP) is 2.69. The van der Waals surface area contributed by atoms with Gasteiger partial charge in [0.25, 0.3) is 0 Å². The number of hydrogen-bond donors (Lipinski definition) is 0. The van der Waals surface area contributed by atoms with E-state index >= 15 is 0 Å². The minimum Gasteiger partial charge on any atom is -0.496 e. The second-order valence-corrected chi connectivity index (χ2v) is 4.28.